The van der Waals surface area contributed by atoms with Gasteiger partial charge in [-0.15, -0.1) is 0 Å². The van der Waals surface area contributed by atoms with E-state index in [9.17, 15) is 8.42 Å². The number of nitrogens with two attached hydrogens (primary N) is 1. The fraction of sp³-hybridized carbons (Fsp3) is 0.889. The normalized spacial score (nSPS) is 14.0. The van der Waals surface area contributed by atoms with E-state index in [1.54, 1.807) is 6.92 Å². The second-order valence-corrected chi connectivity index (χ2v) is 6.33. The van der Waals surface area contributed by atoms with Crippen LogP contribution in [0.2, 0.25) is 0 Å². The van der Waals surface area contributed by atoms with Gasteiger partial charge in [-0.25, -0.2) is 13.1 Å². The van der Waals surface area contributed by atoms with Gasteiger partial charge in [0, 0.05) is 12.5 Å². The van der Waals surface area contributed by atoms with Crippen molar-refractivity contribution in [3.63, 3.8) is 0 Å². The van der Waals surface area contributed by atoms with E-state index >= 15 is 0 Å². The van der Waals surface area contributed by atoms with Crippen molar-refractivity contribution in [1.29, 1.82) is 0 Å². The number of thiocarbonyl (C=S) groups is 1. The summed E-state index contributed by atoms with van der Waals surface area (Å²) >= 11 is 4.70. The Bertz CT molecular complexity index is 315. The molecule has 0 aliphatic heterocycles. The highest BCUT2D eigenvalue weighted by Crippen LogP contribution is 1.96. The molecule has 0 aliphatic rings. The monoisotopic (exact) mass is 268 g/mol. The summed E-state index contributed by atoms with van der Waals surface area (Å²) in [6.45, 7) is 5.62. The highest BCUT2D eigenvalue weighted by molar-refractivity contribution is 7.89. The Morgan fingerprint density at radius 2 is 2.00 bits per heavy atom. The molecule has 5 nitrogen and oxygen atoms in total. The molecule has 0 saturated carbocycles. The molecule has 16 heavy (non-hydrogen) atoms. The van der Waals surface area contributed by atoms with E-state index in [1.807, 2.05) is 13.8 Å². The van der Waals surface area contributed by atoms with Crippen molar-refractivity contribution in [2.75, 3.05) is 12.4 Å². The molecular formula is C9H20N2O3S2. The lowest BCUT2D eigenvalue weighted by atomic mass is 10.3. The summed E-state index contributed by atoms with van der Waals surface area (Å²) in [7, 11) is -3.31. The lowest BCUT2D eigenvalue weighted by Gasteiger charge is -2.14. The number of hydrogen-bond acceptors (Lipinski definition) is 4. The van der Waals surface area contributed by atoms with E-state index in [-0.39, 0.29) is 24.5 Å². The Hall–Kier alpha value is -0.240. The smallest absolute Gasteiger partial charge is 0.214 e. The van der Waals surface area contributed by atoms with Crippen LogP contribution in [0.4, 0.5) is 0 Å². The van der Waals surface area contributed by atoms with Gasteiger partial charge in [0.1, 0.15) is 0 Å². The zero-order chi connectivity index (χ0) is 12.8. The van der Waals surface area contributed by atoms with Gasteiger partial charge in [-0.3, -0.25) is 0 Å². The van der Waals surface area contributed by atoms with Crippen molar-refractivity contribution >= 4 is 27.2 Å². The number of nitrogens with one attached hydrogen (secondary N) is 1. The van der Waals surface area contributed by atoms with Crippen LogP contribution < -0.4 is 10.5 Å². The van der Waals surface area contributed by atoms with E-state index in [0.29, 0.717) is 11.4 Å². The maximum Gasteiger partial charge on any atom is 0.214 e. The number of hydrogen-bond donors (Lipinski definition) is 2. The van der Waals surface area contributed by atoms with Crippen molar-refractivity contribution in [2.45, 2.75) is 39.3 Å². The minimum Gasteiger partial charge on any atom is -0.393 e. The average molecular weight is 268 g/mol. The molecule has 0 bridgehead atoms. The number of sulfonamides is 1. The summed E-state index contributed by atoms with van der Waals surface area (Å²) in [4.78, 5) is 0.300. The van der Waals surface area contributed by atoms with Gasteiger partial charge in [-0.1, -0.05) is 12.2 Å². The van der Waals surface area contributed by atoms with Crippen LogP contribution in [0.3, 0.4) is 0 Å². The fourth-order valence-electron chi connectivity index (χ4n) is 1.10. The van der Waals surface area contributed by atoms with Crippen molar-refractivity contribution in [2.24, 2.45) is 5.73 Å². The van der Waals surface area contributed by atoms with Crippen molar-refractivity contribution in [3.8, 4) is 0 Å². The Labute approximate surface area is 103 Å². The lowest BCUT2D eigenvalue weighted by Crippen LogP contribution is -2.37. The summed E-state index contributed by atoms with van der Waals surface area (Å²) in [5.74, 6) is -0.0488. The van der Waals surface area contributed by atoms with Crippen LogP contribution in [0.25, 0.3) is 0 Å². The zero-order valence-electron chi connectivity index (χ0n) is 9.89. The molecule has 0 heterocycles. The van der Waals surface area contributed by atoms with Crippen molar-refractivity contribution < 1.29 is 13.2 Å². The standard InChI is InChI=1S/C9H20N2O3S2/c1-7(2)14-4-5-16(12,13)11-8(3)6-9(10)15/h7-8,11H,4-6H2,1-3H3,(H2,10,15). The molecule has 3 N–H and O–H groups in total. The Kier molecular flexibility index (Phi) is 7.05. The van der Waals surface area contributed by atoms with Crippen LogP contribution in [0.15, 0.2) is 0 Å². The van der Waals surface area contributed by atoms with Crippen LogP contribution in [0, 0.1) is 0 Å². The van der Waals surface area contributed by atoms with Crippen LogP contribution >= 0.6 is 12.2 Å². The molecular weight excluding hydrogens is 248 g/mol. The topological polar surface area (TPSA) is 81.4 Å². The van der Waals surface area contributed by atoms with Gasteiger partial charge in [0.05, 0.1) is 23.5 Å². The Morgan fingerprint density at radius 3 is 2.44 bits per heavy atom. The first kappa shape index (κ1) is 15.8. The fourth-order valence-corrected chi connectivity index (χ4v) is 2.48. The first-order chi connectivity index (χ1) is 7.23. The molecule has 96 valence electrons. The van der Waals surface area contributed by atoms with E-state index in [4.69, 9.17) is 22.7 Å². The third kappa shape index (κ3) is 9.02. The molecule has 0 radical (unpaired) electrons. The van der Waals surface area contributed by atoms with Gasteiger partial charge in [0.2, 0.25) is 10.0 Å². The van der Waals surface area contributed by atoms with E-state index < -0.39 is 10.0 Å². The highest BCUT2D eigenvalue weighted by Gasteiger charge is 2.15. The van der Waals surface area contributed by atoms with Gasteiger partial charge < -0.3 is 10.5 Å². The minimum absolute atomic E-state index is 0.0317. The molecule has 1 unspecified atom stereocenters. The van der Waals surface area contributed by atoms with E-state index in [2.05, 4.69) is 4.72 Å². The molecule has 7 heteroatoms. The molecule has 0 aliphatic carbocycles. The first-order valence-corrected chi connectivity index (χ1v) is 7.19. The van der Waals surface area contributed by atoms with Gasteiger partial charge in [0.15, 0.2) is 0 Å². The molecule has 0 aromatic heterocycles. The second-order valence-electron chi connectivity index (χ2n) is 3.93. The molecule has 0 spiro atoms. The van der Waals surface area contributed by atoms with Crippen LogP contribution in [-0.2, 0) is 14.8 Å². The quantitative estimate of drug-likeness (QED) is 0.623. The minimum atomic E-state index is -3.31. The molecule has 0 rings (SSSR count). The van der Waals surface area contributed by atoms with Crippen LogP contribution in [-0.4, -0.2) is 37.9 Å². The van der Waals surface area contributed by atoms with Crippen molar-refractivity contribution in [3.05, 3.63) is 0 Å². The Balaban J connectivity index is 4.00. The summed E-state index contributed by atoms with van der Waals surface area (Å²) in [6.07, 6.45) is 0.392. The Morgan fingerprint density at radius 1 is 1.44 bits per heavy atom. The molecule has 0 fully saturated rings. The van der Waals surface area contributed by atoms with E-state index in [1.165, 1.54) is 0 Å². The maximum atomic E-state index is 11.5. The van der Waals surface area contributed by atoms with Gasteiger partial charge >= 0.3 is 0 Å². The van der Waals surface area contributed by atoms with Gasteiger partial charge in [-0.2, -0.15) is 0 Å². The highest BCUT2D eigenvalue weighted by atomic mass is 32.2. The molecule has 1 atom stereocenters. The molecule has 0 aromatic carbocycles. The third-order valence-electron chi connectivity index (χ3n) is 1.69. The SMILES string of the molecule is CC(CC(N)=S)NS(=O)(=O)CCOC(C)C. The third-order valence-corrected chi connectivity index (χ3v) is 3.32. The predicted molar refractivity (Wildman–Crippen MR) is 68.9 cm³/mol. The van der Waals surface area contributed by atoms with Gasteiger partial charge in [0.25, 0.3) is 0 Å². The number of rotatable bonds is 8. The summed E-state index contributed by atoms with van der Waals surface area (Å²) in [5, 5.41) is 0. The molecule has 0 aromatic rings. The zero-order valence-corrected chi connectivity index (χ0v) is 11.5. The molecule has 0 amide bonds. The number of ether oxygens (including phenoxy) is 1. The summed E-state index contributed by atoms with van der Waals surface area (Å²) in [5.41, 5.74) is 5.32. The summed E-state index contributed by atoms with van der Waals surface area (Å²) < 4.78 is 30.7. The van der Waals surface area contributed by atoms with Crippen LogP contribution in [0.1, 0.15) is 27.2 Å². The van der Waals surface area contributed by atoms with Gasteiger partial charge in [-0.05, 0) is 20.8 Å². The van der Waals surface area contributed by atoms with Crippen molar-refractivity contribution in [1.82, 2.24) is 4.72 Å². The summed E-state index contributed by atoms with van der Waals surface area (Å²) in [6, 6.07) is -0.276. The molecule has 0 saturated heterocycles. The predicted octanol–water partition coefficient (Wildman–Crippen LogP) is 0.396. The average Bonchev–Trinajstić information content (AvgIpc) is 1.98. The van der Waals surface area contributed by atoms with Crippen LogP contribution in [0.5, 0.6) is 0 Å². The van der Waals surface area contributed by atoms with E-state index in [0.717, 1.165) is 0 Å². The maximum absolute atomic E-state index is 11.5. The second kappa shape index (κ2) is 7.16. The first-order valence-electron chi connectivity index (χ1n) is 5.13. The largest absolute Gasteiger partial charge is 0.393 e. The lowest BCUT2D eigenvalue weighted by molar-refractivity contribution is 0.0911.